The Morgan fingerprint density at radius 1 is 1.14 bits per heavy atom. The van der Waals surface area contributed by atoms with Crippen molar-refractivity contribution in [2.24, 2.45) is 0 Å². The minimum Gasteiger partial charge on any atom is -0.310 e. The maximum absolute atomic E-state index is 12.2. The number of hydrogen-bond donors (Lipinski definition) is 1. The summed E-state index contributed by atoms with van der Waals surface area (Å²) in [7, 11) is 0. The Morgan fingerprint density at radius 3 is 2.67 bits per heavy atom. The fourth-order valence-corrected chi connectivity index (χ4v) is 3.61. The van der Waals surface area contributed by atoms with Crippen molar-refractivity contribution in [1.82, 2.24) is 9.97 Å². The Kier molecular flexibility index (Phi) is 3.64. The van der Waals surface area contributed by atoms with Crippen LogP contribution in [0, 0.1) is 20.8 Å². The minimum absolute atomic E-state index is 0.0124. The molecule has 4 heteroatoms. The van der Waals surface area contributed by atoms with E-state index in [1.807, 2.05) is 26.0 Å². The van der Waals surface area contributed by atoms with Gasteiger partial charge < -0.3 is 4.98 Å². The van der Waals surface area contributed by atoms with E-state index in [4.69, 9.17) is 0 Å². The van der Waals surface area contributed by atoms with Crippen LogP contribution in [-0.2, 0) is 12.8 Å². The molecule has 2 heterocycles. The predicted octanol–water partition coefficient (Wildman–Crippen LogP) is 3.70. The molecule has 0 atom stereocenters. The lowest BCUT2D eigenvalue weighted by Gasteiger charge is -2.05. The quantitative estimate of drug-likeness (QED) is 0.801. The highest BCUT2D eigenvalue weighted by Gasteiger charge is 2.11. The van der Waals surface area contributed by atoms with Crippen LogP contribution in [0.2, 0.25) is 0 Å². The number of nitrogens with one attached hydrogen (secondary N) is 1. The number of fused-ring (bicyclic) bond motifs is 1. The molecule has 21 heavy (non-hydrogen) atoms. The Labute approximate surface area is 127 Å². The topological polar surface area (TPSA) is 45.8 Å². The summed E-state index contributed by atoms with van der Waals surface area (Å²) in [5.41, 5.74) is 3.62. The summed E-state index contributed by atoms with van der Waals surface area (Å²) in [4.78, 5) is 21.8. The van der Waals surface area contributed by atoms with Gasteiger partial charge in [0.05, 0.1) is 5.39 Å². The number of H-pyrrole nitrogens is 1. The van der Waals surface area contributed by atoms with Gasteiger partial charge in [0.2, 0.25) is 0 Å². The fraction of sp³-hybridized carbons (Fsp3) is 0.294. The number of hydrogen-bond acceptors (Lipinski definition) is 3. The molecule has 3 nitrogen and oxygen atoms in total. The van der Waals surface area contributed by atoms with Crippen molar-refractivity contribution in [2.45, 2.75) is 33.6 Å². The predicted molar refractivity (Wildman–Crippen MR) is 88.3 cm³/mol. The minimum atomic E-state index is -0.0124. The van der Waals surface area contributed by atoms with Crippen molar-refractivity contribution in [3.63, 3.8) is 0 Å². The van der Waals surface area contributed by atoms with Crippen LogP contribution < -0.4 is 5.56 Å². The van der Waals surface area contributed by atoms with Crippen molar-refractivity contribution < 1.29 is 0 Å². The fourth-order valence-electron chi connectivity index (χ4n) is 2.56. The molecule has 0 saturated carbocycles. The summed E-state index contributed by atoms with van der Waals surface area (Å²) in [6, 6.07) is 8.34. The second kappa shape index (κ2) is 5.45. The standard InChI is InChI=1S/C17H18N2OS/c1-10-6-4-5-7-13(10)8-9-14-18-16(20)15-11(2)12(3)21-17(15)19-14/h4-7H,8-9H2,1-3H3,(H,18,19,20). The molecule has 0 bridgehead atoms. The van der Waals surface area contributed by atoms with Crippen LogP contribution in [0.5, 0.6) is 0 Å². The highest BCUT2D eigenvalue weighted by atomic mass is 32.1. The van der Waals surface area contributed by atoms with Gasteiger partial charge in [-0.2, -0.15) is 0 Å². The maximum atomic E-state index is 12.2. The second-order valence-corrected chi connectivity index (χ2v) is 6.61. The van der Waals surface area contributed by atoms with Crippen molar-refractivity contribution in [3.05, 3.63) is 62.0 Å². The van der Waals surface area contributed by atoms with Gasteiger partial charge in [0.15, 0.2) is 0 Å². The lowest BCUT2D eigenvalue weighted by atomic mass is 10.0. The summed E-state index contributed by atoms with van der Waals surface area (Å²) in [5.74, 6) is 0.775. The lowest BCUT2D eigenvalue weighted by Crippen LogP contribution is -2.12. The van der Waals surface area contributed by atoms with Crippen LogP contribution in [0.1, 0.15) is 27.4 Å². The SMILES string of the molecule is Cc1ccccc1CCc1nc2sc(C)c(C)c2c(=O)[nH]1. The number of thiophene rings is 1. The lowest BCUT2D eigenvalue weighted by molar-refractivity contribution is 0.857. The van der Waals surface area contributed by atoms with Gasteiger partial charge in [-0.3, -0.25) is 4.79 Å². The molecule has 2 aromatic heterocycles. The number of aryl methyl sites for hydroxylation is 5. The normalized spacial score (nSPS) is 11.2. The van der Waals surface area contributed by atoms with Crippen LogP contribution in [0.25, 0.3) is 10.2 Å². The van der Waals surface area contributed by atoms with Crippen LogP contribution in [0.4, 0.5) is 0 Å². The number of aromatic nitrogens is 2. The van der Waals surface area contributed by atoms with Gasteiger partial charge in [-0.15, -0.1) is 11.3 Å². The van der Waals surface area contributed by atoms with E-state index < -0.39 is 0 Å². The van der Waals surface area contributed by atoms with Gasteiger partial charge in [0.25, 0.3) is 5.56 Å². The molecule has 3 aromatic rings. The number of aromatic amines is 1. The van der Waals surface area contributed by atoms with Gasteiger partial charge in [-0.05, 0) is 43.9 Å². The summed E-state index contributed by atoms with van der Waals surface area (Å²) < 4.78 is 0. The van der Waals surface area contributed by atoms with Crippen LogP contribution >= 0.6 is 11.3 Å². The summed E-state index contributed by atoms with van der Waals surface area (Å²) in [6.07, 6.45) is 1.65. The monoisotopic (exact) mass is 298 g/mol. The van der Waals surface area contributed by atoms with Gasteiger partial charge >= 0.3 is 0 Å². The van der Waals surface area contributed by atoms with Gasteiger partial charge in [-0.1, -0.05) is 24.3 Å². The van der Waals surface area contributed by atoms with Gasteiger partial charge in [-0.25, -0.2) is 4.98 Å². The van der Waals surface area contributed by atoms with E-state index in [2.05, 4.69) is 29.0 Å². The van der Waals surface area contributed by atoms with E-state index in [-0.39, 0.29) is 5.56 Å². The molecule has 3 rings (SSSR count). The van der Waals surface area contributed by atoms with Crippen molar-refractivity contribution >= 4 is 21.6 Å². The van der Waals surface area contributed by atoms with Crippen LogP contribution in [0.15, 0.2) is 29.1 Å². The zero-order valence-electron chi connectivity index (χ0n) is 12.5. The van der Waals surface area contributed by atoms with E-state index >= 15 is 0 Å². The van der Waals surface area contributed by atoms with Gasteiger partial charge in [0.1, 0.15) is 10.7 Å². The third-order valence-corrected chi connectivity index (χ3v) is 5.08. The molecular weight excluding hydrogens is 280 g/mol. The zero-order chi connectivity index (χ0) is 15.0. The van der Waals surface area contributed by atoms with E-state index in [1.54, 1.807) is 11.3 Å². The molecule has 0 aliphatic carbocycles. The van der Waals surface area contributed by atoms with Crippen LogP contribution in [-0.4, -0.2) is 9.97 Å². The number of nitrogens with zero attached hydrogens (tertiary/aromatic N) is 1. The maximum Gasteiger partial charge on any atom is 0.259 e. The van der Waals surface area contributed by atoms with E-state index in [1.165, 1.54) is 16.0 Å². The molecule has 0 fully saturated rings. The first-order valence-electron chi connectivity index (χ1n) is 7.09. The molecule has 0 unspecified atom stereocenters. The average Bonchev–Trinajstić information content (AvgIpc) is 2.73. The largest absolute Gasteiger partial charge is 0.310 e. The molecule has 108 valence electrons. The molecular formula is C17H18N2OS. The Hall–Kier alpha value is -1.94. The Morgan fingerprint density at radius 2 is 1.90 bits per heavy atom. The number of benzene rings is 1. The van der Waals surface area contributed by atoms with Crippen molar-refractivity contribution in [3.8, 4) is 0 Å². The smallest absolute Gasteiger partial charge is 0.259 e. The first-order chi connectivity index (χ1) is 10.1. The Bertz CT molecular complexity index is 861. The molecule has 0 spiro atoms. The molecule has 0 aliphatic heterocycles. The van der Waals surface area contributed by atoms with Crippen molar-refractivity contribution in [1.29, 1.82) is 0 Å². The van der Waals surface area contributed by atoms with E-state index in [9.17, 15) is 4.79 Å². The summed E-state index contributed by atoms with van der Waals surface area (Å²) in [6.45, 7) is 6.13. The summed E-state index contributed by atoms with van der Waals surface area (Å²) >= 11 is 1.60. The van der Waals surface area contributed by atoms with E-state index in [0.717, 1.165) is 34.4 Å². The molecule has 0 radical (unpaired) electrons. The molecule has 0 aliphatic rings. The summed E-state index contributed by atoms with van der Waals surface area (Å²) in [5, 5.41) is 0.747. The first-order valence-corrected chi connectivity index (χ1v) is 7.91. The van der Waals surface area contributed by atoms with Crippen molar-refractivity contribution in [2.75, 3.05) is 0 Å². The third kappa shape index (κ3) is 2.63. The number of rotatable bonds is 3. The average molecular weight is 298 g/mol. The van der Waals surface area contributed by atoms with Crippen LogP contribution in [0.3, 0.4) is 0 Å². The van der Waals surface area contributed by atoms with E-state index in [0.29, 0.717) is 0 Å². The van der Waals surface area contributed by atoms with Gasteiger partial charge in [0, 0.05) is 11.3 Å². The second-order valence-electron chi connectivity index (χ2n) is 5.40. The molecule has 1 N–H and O–H groups in total. The highest BCUT2D eigenvalue weighted by molar-refractivity contribution is 7.18. The zero-order valence-corrected chi connectivity index (χ0v) is 13.3. The highest BCUT2D eigenvalue weighted by Crippen LogP contribution is 2.25. The molecule has 0 saturated heterocycles. The molecule has 0 amide bonds. The Balaban J connectivity index is 1.92. The molecule has 1 aromatic carbocycles. The third-order valence-electron chi connectivity index (χ3n) is 3.98. The first kappa shape index (κ1) is 14.0.